The van der Waals surface area contributed by atoms with Crippen LogP contribution in [0.15, 0.2) is 60.4 Å². The predicted octanol–water partition coefficient (Wildman–Crippen LogP) is 3.38. The van der Waals surface area contributed by atoms with Gasteiger partial charge in [0.25, 0.3) is 5.91 Å². The van der Waals surface area contributed by atoms with Crippen molar-refractivity contribution in [3.63, 3.8) is 0 Å². The number of likely N-dealkylation sites (tertiary alicyclic amines) is 1. The highest BCUT2D eigenvalue weighted by Gasteiger charge is 2.42. The number of halogens is 4. The fourth-order valence-corrected chi connectivity index (χ4v) is 5.56. The Morgan fingerprint density at radius 2 is 1.68 bits per heavy atom. The third-order valence-electron chi connectivity index (χ3n) is 7.61. The molecule has 3 aliphatic heterocycles. The lowest BCUT2D eigenvalue weighted by molar-refractivity contribution is -0.189. The van der Waals surface area contributed by atoms with E-state index in [1.165, 1.54) is 24.3 Å². The lowest BCUT2D eigenvalue weighted by Gasteiger charge is -2.38. The summed E-state index contributed by atoms with van der Waals surface area (Å²) in [5.41, 5.74) is 1.63. The molecule has 3 heterocycles. The zero-order chi connectivity index (χ0) is 31.6. The number of alkyl halides is 3. The third-order valence-corrected chi connectivity index (χ3v) is 7.86. The molecule has 0 spiro atoms. The zero-order valence-electron chi connectivity index (χ0n) is 23.6. The quantitative estimate of drug-likeness (QED) is 0.355. The van der Waals surface area contributed by atoms with Gasteiger partial charge in [-0.05, 0) is 54.8 Å². The maximum Gasteiger partial charge on any atom is 0.491 e. The van der Waals surface area contributed by atoms with Gasteiger partial charge in [-0.1, -0.05) is 23.7 Å². The van der Waals surface area contributed by atoms with Gasteiger partial charge < -0.3 is 35.0 Å². The van der Waals surface area contributed by atoms with Gasteiger partial charge in [0.05, 0.1) is 13.3 Å². The Morgan fingerprint density at radius 3 is 2.30 bits per heavy atom. The molecule has 2 saturated heterocycles. The number of benzene rings is 2. The SMILES string of the molecule is CN1C=C2C(=O)N(C3CCN(C(=O)[C@@H](Cc4ccc(OC(=O)C(F)(F)F)cc4)NC(=O)Nc4ccc(Cl)cc4)CC3)CN2C1. The molecule has 5 rings (SSSR count). The largest absolute Gasteiger partial charge is 0.491 e. The lowest BCUT2D eigenvalue weighted by atomic mass is 10.00. The minimum absolute atomic E-state index is 0.0154. The Labute approximate surface area is 256 Å². The Balaban J connectivity index is 1.24. The van der Waals surface area contributed by atoms with E-state index in [-0.39, 0.29) is 30.0 Å². The molecule has 2 aromatic carbocycles. The number of rotatable bonds is 7. The van der Waals surface area contributed by atoms with Crippen LogP contribution in [0.1, 0.15) is 18.4 Å². The van der Waals surface area contributed by atoms with Crippen molar-refractivity contribution < 1.29 is 37.1 Å². The zero-order valence-corrected chi connectivity index (χ0v) is 24.4. The summed E-state index contributed by atoms with van der Waals surface area (Å²) in [5.74, 6) is -3.03. The van der Waals surface area contributed by atoms with Crippen LogP contribution in [0.2, 0.25) is 5.02 Å². The van der Waals surface area contributed by atoms with Gasteiger partial charge in [0.2, 0.25) is 5.91 Å². The smallest absolute Gasteiger partial charge is 0.420 e. The molecule has 4 amide bonds. The number of nitrogens with zero attached hydrogens (tertiary/aromatic N) is 4. The molecule has 0 saturated carbocycles. The second-order valence-electron chi connectivity index (χ2n) is 10.8. The van der Waals surface area contributed by atoms with Crippen LogP contribution in [0.4, 0.5) is 23.7 Å². The Kier molecular flexibility index (Phi) is 8.90. The number of anilines is 1. The van der Waals surface area contributed by atoms with Gasteiger partial charge in [-0.2, -0.15) is 13.2 Å². The summed E-state index contributed by atoms with van der Waals surface area (Å²) < 4.78 is 42.0. The first-order valence-electron chi connectivity index (χ1n) is 13.8. The number of piperidine rings is 1. The number of esters is 1. The molecular weight excluding hydrogens is 605 g/mol. The van der Waals surface area contributed by atoms with E-state index in [9.17, 15) is 32.3 Å². The lowest BCUT2D eigenvalue weighted by Crippen LogP contribution is -2.54. The summed E-state index contributed by atoms with van der Waals surface area (Å²) in [7, 11) is 1.91. The van der Waals surface area contributed by atoms with E-state index in [2.05, 4.69) is 15.4 Å². The number of nitrogens with one attached hydrogen (secondary N) is 2. The molecule has 11 nitrogen and oxygen atoms in total. The van der Waals surface area contributed by atoms with Crippen molar-refractivity contribution in [3.05, 3.63) is 71.0 Å². The van der Waals surface area contributed by atoms with Crippen molar-refractivity contribution in [1.29, 1.82) is 0 Å². The van der Waals surface area contributed by atoms with Crippen molar-refractivity contribution in [1.82, 2.24) is 24.9 Å². The van der Waals surface area contributed by atoms with Gasteiger partial charge in [0, 0.05) is 49.5 Å². The van der Waals surface area contributed by atoms with Crippen LogP contribution < -0.4 is 15.4 Å². The molecule has 0 bridgehead atoms. The fourth-order valence-electron chi connectivity index (χ4n) is 5.44. The average molecular weight is 635 g/mol. The maximum absolute atomic E-state index is 13.7. The van der Waals surface area contributed by atoms with Crippen LogP contribution in [0.25, 0.3) is 0 Å². The monoisotopic (exact) mass is 634 g/mol. The van der Waals surface area contributed by atoms with Crippen molar-refractivity contribution in [2.45, 2.75) is 37.5 Å². The molecule has 234 valence electrons. The Bertz CT molecular complexity index is 1440. The first-order valence-corrected chi connectivity index (χ1v) is 14.2. The molecule has 2 fully saturated rings. The van der Waals surface area contributed by atoms with Crippen molar-refractivity contribution >= 4 is 41.1 Å². The van der Waals surface area contributed by atoms with Crippen LogP contribution >= 0.6 is 11.6 Å². The summed E-state index contributed by atoms with van der Waals surface area (Å²) in [4.78, 5) is 58.1. The van der Waals surface area contributed by atoms with Gasteiger partial charge >= 0.3 is 18.2 Å². The standard InChI is InChI=1S/C29H30ClF3N6O5/c1-36-15-24-26(41)39(17-38(24)16-36)21-10-12-37(13-11-21)25(40)23(35-28(43)34-20-6-4-19(30)5-7-20)14-18-2-8-22(9-3-18)44-27(42)29(31,32)33/h2-9,15,21,23H,10-14,16-17H2,1H3,(H2,34,35,43)/t23-/m1/s1. The van der Waals surface area contributed by atoms with Gasteiger partial charge in [0.15, 0.2) is 0 Å². The predicted molar refractivity (Wildman–Crippen MR) is 153 cm³/mol. The molecule has 2 N–H and O–H groups in total. The number of hydrogen-bond donors (Lipinski definition) is 2. The van der Waals surface area contributed by atoms with E-state index in [0.717, 1.165) is 0 Å². The Morgan fingerprint density at radius 1 is 1.02 bits per heavy atom. The summed E-state index contributed by atoms with van der Waals surface area (Å²) in [6.07, 6.45) is -2.16. The fraction of sp³-hybridized carbons (Fsp3) is 0.379. The summed E-state index contributed by atoms with van der Waals surface area (Å²) in [6, 6.07) is 9.91. The summed E-state index contributed by atoms with van der Waals surface area (Å²) in [6.45, 7) is 1.88. The van der Waals surface area contributed by atoms with E-state index >= 15 is 0 Å². The first kappa shape index (κ1) is 31.0. The number of ether oxygens (including phenoxy) is 1. The van der Waals surface area contributed by atoms with E-state index in [4.69, 9.17) is 11.6 Å². The second kappa shape index (κ2) is 12.6. The number of amides is 4. The van der Waals surface area contributed by atoms with Crippen LogP contribution in [-0.2, 0) is 20.8 Å². The molecule has 1 atom stereocenters. The van der Waals surface area contributed by atoms with Crippen LogP contribution in [0, 0.1) is 0 Å². The average Bonchev–Trinajstić information content (AvgIpc) is 3.50. The molecule has 3 aliphatic rings. The maximum atomic E-state index is 13.7. The van der Waals surface area contributed by atoms with Crippen molar-refractivity contribution in [2.24, 2.45) is 0 Å². The molecule has 44 heavy (non-hydrogen) atoms. The minimum Gasteiger partial charge on any atom is -0.420 e. The first-order chi connectivity index (χ1) is 20.9. The highest BCUT2D eigenvalue weighted by Crippen LogP contribution is 2.29. The molecular formula is C29H30ClF3N6O5. The minimum atomic E-state index is -5.14. The van der Waals surface area contributed by atoms with Gasteiger partial charge in [-0.3, -0.25) is 9.59 Å². The van der Waals surface area contributed by atoms with Gasteiger partial charge in [0.1, 0.15) is 17.5 Å². The van der Waals surface area contributed by atoms with E-state index in [0.29, 0.717) is 61.2 Å². The molecule has 0 unspecified atom stereocenters. The molecule has 2 aromatic rings. The van der Waals surface area contributed by atoms with Crippen LogP contribution in [0.5, 0.6) is 5.75 Å². The van der Waals surface area contributed by atoms with E-state index in [1.807, 2.05) is 27.9 Å². The topological polar surface area (TPSA) is 115 Å². The number of carbonyl (C=O) groups excluding carboxylic acids is 4. The highest BCUT2D eigenvalue weighted by atomic mass is 35.5. The number of carbonyl (C=O) groups is 4. The summed E-state index contributed by atoms with van der Waals surface area (Å²) >= 11 is 5.91. The van der Waals surface area contributed by atoms with Crippen molar-refractivity contribution in [3.8, 4) is 5.75 Å². The molecule has 0 aliphatic carbocycles. The third kappa shape index (κ3) is 7.18. The van der Waals surface area contributed by atoms with E-state index in [1.54, 1.807) is 29.2 Å². The van der Waals surface area contributed by atoms with Crippen LogP contribution in [-0.4, -0.2) is 95.1 Å². The number of urea groups is 1. The van der Waals surface area contributed by atoms with Crippen molar-refractivity contribution in [2.75, 3.05) is 38.8 Å². The van der Waals surface area contributed by atoms with Crippen LogP contribution in [0.3, 0.4) is 0 Å². The summed E-state index contributed by atoms with van der Waals surface area (Å²) in [5, 5.41) is 5.85. The van der Waals surface area contributed by atoms with E-state index < -0.39 is 24.2 Å². The second-order valence-corrected chi connectivity index (χ2v) is 11.3. The molecule has 0 aromatic heterocycles. The normalized spacial score (nSPS) is 17.8. The van der Waals surface area contributed by atoms with Gasteiger partial charge in [-0.15, -0.1) is 0 Å². The highest BCUT2D eigenvalue weighted by molar-refractivity contribution is 6.30. The number of hydrogen-bond acceptors (Lipinski definition) is 7. The molecule has 0 radical (unpaired) electrons. The molecule has 15 heteroatoms. The number of fused-ring (bicyclic) bond motifs is 1. The van der Waals surface area contributed by atoms with Gasteiger partial charge in [-0.25, -0.2) is 9.59 Å². The Hall–Kier alpha value is -4.46.